The van der Waals surface area contributed by atoms with Crippen molar-refractivity contribution in [3.05, 3.63) is 30.5 Å². The van der Waals surface area contributed by atoms with E-state index in [2.05, 4.69) is 15.0 Å². The molecule has 116 valence electrons. The van der Waals surface area contributed by atoms with Crippen molar-refractivity contribution in [1.29, 1.82) is 0 Å². The van der Waals surface area contributed by atoms with Crippen LogP contribution in [0.2, 0.25) is 0 Å². The highest BCUT2D eigenvalue weighted by atomic mass is 31.2. The maximum Gasteiger partial charge on any atom is 0.350 e. The Balaban J connectivity index is 1.81. The number of furan rings is 1. The van der Waals surface area contributed by atoms with Crippen LogP contribution in [0, 0.1) is 0 Å². The number of rotatable bonds is 5. The zero-order valence-corrected chi connectivity index (χ0v) is 12.1. The Morgan fingerprint density at radius 2 is 2.14 bits per heavy atom. The molecule has 0 saturated carbocycles. The molecule has 0 spiro atoms. The van der Waals surface area contributed by atoms with E-state index in [0.29, 0.717) is 22.8 Å². The van der Waals surface area contributed by atoms with Gasteiger partial charge in [0.15, 0.2) is 17.0 Å². The van der Waals surface area contributed by atoms with Crippen LogP contribution >= 0.6 is 7.60 Å². The number of ether oxygens (including phenoxy) is 1. The SMILES string of the molecule is Nc1ncnc2c1ncn2-c1ccc(COCP(=O)(O)O)o1. The van der Waals surface area contributed by atoms with Gasteiger partial charge >= 0.3 is 7.60 Å². The summed E-state index contributed by atoms with van der Waals surface area (Å²) in [5, 5.41) is 0. The fraction of sp³-hybridized carbons (Fsp3) is 0.182. The van der Waals surface area contributed by atoms with Crippen molar-refractivity contribution in [2.24, 2.45) is 0 Å². The molecule has 0 aliphatic carbocycles. The first-order valence-electron chi connectivity index (χ1n) is 6.09. The van der Waals surface area contributed by atoms with Gasteiger partial charge in [-0.1, -0.05) is 0 Å². The third kappa shape index (κ3) is 3.00. The van der Waals surface area contributed by atoms with Gasteiger partial charge in [0.1, 0.15) is 31.4 Å². The number of anilines is 1. The Kier molecular flexibility index (Phi) is 3.67. The first-order valence-corrected chi connectivity index (χ1v) is 7.89. The lowest BCUT2D eigenvalue weighted by Crippen LogP contribution is -1.96. The van der Waals surface area contributed by atoms with Crippen LogP contribution in [0.4, 0.5) is 5.82 Å². The maximum atomic E-state index is 10.7. The third-order valence-corrected chi connectivity index (χ3v) is 3.27. The maximum absolute atomic E-state index is 10.7. The van der Waals surface area contributed by atoms with E-state index in [4.69, 9.17) is 24.7 Å². The van der Waals surface area contributed by atoms with Crippen LogP contribution < -0.4 is 5.73 Å². The molecule has 0 aliphatic rings. The first kappa shape index (κ1) is 14.7. The van der Waals surface area contributed by atoms with E-state index in [1.54, 1.807) is 16.7 Å². The van der Waals surface area contributed by atoms with Crippen molar-refractivity contribution >= 4 is 24.6 Å². The molecule has 3 rings (SSSR count). The lowest BCUT2D eigenvalue weighted by molar-refractivity contribution is 0.129. The summed E-state index contributed by atoms with van der Waals surface area (Å²) in [7, 11) is -4.19. The molecule has 3 heterocycles. The van der Waals surface area contributed by atoms with Crippen LogP contribution in [-0.2, 0) is 15.9 Å². The Morgan fingerprint density at radius 3 is 2.91 bits per heavy atom. The van der Waals surface area contributed by atoms with Gasteiger partial charge in [0.25, 0.3) is 0 Å². The van der Waals surface area contributed by atoms with Gasteiger partial charge in [-0.2, -0.15) is 0 Å². The molecule has 11 heteroatoms. The summed E-state index contributed by atoms with van der Waals surface area (Å²) in [6, 6.07) is 3.29. The fourth-order valence-electron chi connectivity index (χ4n) is 1.85. The average molecular weight is 325 g/mol. The molecule has 0 bridgehead atoms. The van der Waals surface area contributed by atoms with Gasteiger partial charge in [0, 0.05) is 6.07 Å². The highest BCUT2D eigenvalue weighted by Crippen LogP contribution is 2.34. The largest absolute Gasteiger partial charge is 0.442 e. The molecule has 22 heavy (non-hydrogen) atoms. The quantitative estimate of drug-likeness (QED) is 0.574. The lowest BCUT2D eigenvalue weighted by atomic mass is 10.4. The number of nitrogen functional groups attached to an aromatic ring is 1. The van der Waals surface area contributed by atoms with Crippen LogP contribution in [0.1, 0.15) is 5.76 Å². The van der Waals surface area contributed by atoms with Crippen LogP contribution in [0.5, 0.6) is 0 Å². The molecule has 0 radical (unpaired) electrons. The van der Waals surface area contributed by atoms with E-state index in [-0.39, 0.29) is 12.4 Å². The van der Waals surface area contributed by atoms with E-state index in [0.717, 1.165) is 0 Å². The van der Waals surface area contributed by atoms with E-state index < -0.39 is 13.9 Å². The minimum Gasteiger partial charge on any atom is -0.442 e. The highest BCUT2D eigenvalue weighted by molar-refractivity contribution is 7.51. The Bertz CT molecular complexity index is 854. The smallest absolute Gasteiger partial charge is 0.350 e. The van der Waals surface area contributed by atoms with Crippen LogP contribution in [-0.4, -0.2) is 35.7 Å². The van der Waals surface area contributed by atoms with Crippen molar-refractivity contribution < 1.29 is 23.5 Å². The number of imidazole rings is 1. The fourth-order valence-corrected chi connectivity index (χ4v) is 2.18. The van der Waals surface area contributed by atoms with Crippen molar-refractivity contribution in [3.8, 4) is 5.88 Å². The molecule has 0 aromatic carbocycles. The molecule has 4 N–H and O–H groups in total. The topological polar surface area (TPSA) is 150 Å². The van der Waals surface area contributed by atoms with Crippen molar-refractivity contribution in [2.75, 3.05) is 12.1 Å². The van der Waals surface area contributed by atoms with Gasteiger partial charge in [-0.25, -0.2) is 15.0 Å². The summed E-state index contributed by atoms with van der Waals surface area (Å²) in [6.45, 7) is -0.0607. The predicted octanol–water partition coefficient (Wildman–Crippen LogP) is 0.642. The van der Waals surface area contributed by atoms with Crippen LogP contribution in [0.15, 0.2) is 29.2 Å². The van der Waals surface area contributed by atoms with E-state index in [9.17, 15) is 4.57 Å². The van der Waals surface area contributed by atoms with E-state index in [1.807, 2.05) is 0 Å². The van der Waals surface area contributed by atoms with Crippen molar-refractivity contribution in [3.63, 3.8) is 0 Å². The molecule has 3 aromatic heterocycles. The zero-order valence-electron chi connectivity index (χ0n) is 11.2. The summed E-state index contributed by atoms with van der Waals surface area (Å²) in [6.07, 6.45) is 2.15. The highest BCUT2D eigenvalue weighted by Gasteiger charge is 2.15. The second-order valence-corrected chi connectivity index (χ2v) is 6.02. The summed E-state index contributed by atoms with van der Waals surface area (Å²) in [4.78, 5) is 29.5. The normalized spacial score (nSPS) is 12.1. The summed E-state index contributed by atoms with van der Waals surface area (Å²) >= 11 is 0. The number of nitrogens with two attached hydrogens (primary N) is 1. The lowest BCUT2D eigenvalue weighted by Gasteiger charge is -2.03. The van der Waals surface area contributed by atoms with Gasteiger partial charge in [-0.15, -0.1) is 0 Å². The zero-order chi connectivity index (χ0) is 15.7. The molecule has 0 fully saturated rings. The minimum atomic E-state index is -4.19. The monoisotopic (exact) mass is 325 g/mol. The van der Waals surface area contributed by atoms with E-state index in [1.165, 1.54) is 12.7 Å². The predicted molar refractivity (Wildman–Crippen MR) is 75.0 cm³/mol. The van der Waals surface area contributed by atoms with Crippen LogP contribution in [0.3, 0.4) is 0 Å². The van der Waals surface area contributed by atoms with Crippen molar-refractivity contribution in [2.45, 2.75) is 6.61 Å². The standard InChI is InChI=1S/C11H12N5O5P/c12-10-9-11(14-4-13-10)16(5-15-9)8-2-1-7(21-8)3-20-6-22(17,18)19/h1-2,4-5H,3,6H2,(H2,12,13,14)(H2,17,18,19). The van der Waals surface area contributed by atoms with Gasteiger partial charge in [-0.05, 0) is 6.07 Å². The summed E-state index contributed by atoms with van der Waals surface area (Å²) in [5.41, 5.74) is 6.65. The number of nitrogens with zero attached hydrogens (tertiary/aromatic N) is 4. The van der Waals surface area contributed by atoms with Gasteiger partial charge in [0.2, 0.25) is 5.88 Å². The Labute approximate surface area is 123 Å². The number of hydrogen-bond acceptors (Lipinski definition) is 7. The Morgan fingerprint density at radius 1 is 1.32 bits per heavy atom. The first-order chi connectivity index (χ1) is 10.4. The number of hydrogen-bond donors (Lipinski definition) is 3. The Hall–Kier alpha value is -2.26. The average Bonchev–Trinajstić information content (AvgIpc) is 3.04. The van der Waals surface area contributed by atoms with Gasteiger partial charge in [0.05, 0.1) is 0 Å². The number of aromatic nitrogens is 4. The molecule has 0 atom stereocenters. The summed E-state index contributed by atoms with van der Waals surface area (Å²) in [5.74, 6) is 1.10. The second kappa shape index (κ2) is 5.50. The van der Waals surface area contributed by atoms with Gasteiger partial charge < -0.3 is 24.7 Å². The minimum absolute atomic E-state index is 0.0607. The molecule has 0 aliphatic heterocycles. The summed E-state index contributed by atoms with van der Waals surface area (Å²) < 4.78 is 22.7. The third-order valence-electron chi connectivity index (χ3n) is 2.75. The molecule has 0 amide bonds. The van der Waals surface area contributed by atoms with Crippen molar-refractivity contribution in [1.82, 2.24) is 19.5 Å². The molecular formula is C11H12N5O5P. The molecule has 0 unspecified atom stereocenters. The molecule has 3 aromatic rings. The molecule has 0 saturated heterocycles. The van der Waals surface area contributed by atoms with Gasteiger partial charge in [-0.3, -0.25) is 9.13 Å². The molecule has 10 nitrogen and oxygen atoms in total. The number of fused-ring (bicyclic) bond motifs is 1. The second-order valence-electron chi connectivity index (χ2n) is 4.43. The molecular weight excluding hydrogens is 313 g/mol. The van der Waals surface area contributed by atoms with Crippen LogP contribution in [0.25, 0.3) is 17.0 Å². The van der Waals surface area contributed by atoms with E-state index >= 15 is 0 Å².